The maximum atomic E-state index is 13.9. The average Bonchev–Trinajstić information content (AvgIpc) is 2.58. The van der Waals surface area contributed by atoms with E-state index in [1.54, 1.807) is 12.1 Å². The zero-order valence-corrected chi connectivity index (χ0v) is 15.1. The van der Waals surface area contributed by atoms with E-state index in [-0.39, 0.29) is 11.7 Å². The molecule has 24 heavy (non-hydrogen) atoms. The molecule has 2 aliphatic heterocycles. The number of benzene rings is 1. The highest BCUT2D eigenvalue weighted by molar-refractivity contribution is 6.31. The number of piperidine rings is 2. The molecule has 1 amide bonds. The molecular formula is C19H26ClFN2O. The summed E-state index contributed by atoms with van der Waals surface area (Å²) >= 11 is 6.12. The number of carbonyl (C=O) groups is 1. The van der Waals surface area contributed by atoms with Crippen molar-refractivity contribution in [3.05, 3.63) is 34.6 Å². The molecule has 132 valence electrons. The second-order valence-corrected chi connectivity index (χ2v) is 7.69. The lowest BCUT2D eigenvalue weighted by Gasteiger charge is -2.37. The second kappa shape index (κ2) is 7.83. The first-order valence-electron chi connectivity index (χ1n) is 8.98. The maximum Gasteiger partial charge on any atom is 0.225 e. The van der Waals surface area contributed by atoms with Crippen molar-refractivity contribution in [3.8, 4) is 0 Å². The van der Waals surface area contributed by atoms with Crippen molar-refractivity contribution >= 4 is 17.5 Å². The largest absolute Gasteiger partial charge is 0.342 e. The van der Waals surface area contributed by atoms with Crippen LogP contribution in [-0.2, 0) is 11.3 Å². The van der Waals surface area contributed by atoms with E-state index >= 15 is 0 Å². The van der Waals surface area contributed by atoms with Gasteiger partial charge in [0.25, 0.3) is 0 Å². The van der Waals surface area contributed by atoms with Gasteiger partial charge in [-0.2, -0.15) is 0 Å². The Kier molecular flexibility index (Phi) is 5.77. The van der Waals surface area contributed by atoms with Gasteiger partial charge < -0.3 is 4.90 Å². The summed E-state index contributed by atoms with van der Waals surface area (Å²) in [6, 6.07) is 4.81. The van der Waals surface area contributed by atoms with Crippen molar-refractivity contribution < 1.29 is 9.18 Å². The molecule has 2 saturated heterocycles. The molecule has 0 spiro atoms. The molecule has 0 radical (unpaired) electrons. The number of likely N-dealkylation sites (tertiary alicyclic amines) is 2. The lowest BCUT2D eigenvalue weighted by atomic mass is 9.92. The van der Waals surface area contributed by atoms with Gasteiger partial charge in [0.05, 0.1) is 0 Å². The molecule has 1 aromatic rings. The van der Waals surface area contributed by atoms with Crippen molar-refractivity contribution in [1.82, 2.24) is 9.80 Å². The van der Waals surface area contributed by atoms with Crippen LogP contribution in [0.4, 0.5) is 4.39 Å². The van der Waals surface area contributed by atoms with Gasteiger partial charge in [0.1, 0.15) is 5.82 Å². The lowest BCUT2D eigenvalue weighted by Crippen LogP contribution is -2.45. The highest BCUT2D eigenvalue weighted by Crippen LogP contribution is 2.26. The number of hydrogen-bond acceptors (Lipinski definition) is 2. The Balaban J connectivity index is 1.53. The van der Waals surface area contributed by atoms with Gasteiger partial charge >= 0.3 is 0 Å². The molecule has 0 aliphatic carbocycles. The standard InChI is InChI=1S/C19H26ClFN2O/c1-14-4-3-9-23(12-14)19(24)15-7-10-22(11-8-15)13-16-17(20)5-2-6-18(16)21/h2,5-6,14-15H,3-4,7-13H2,1H3/t14-/m1/s1. The SMILES string of the molecule is C[C@@H]1CCCN(C(=O)C2CCN(Cc3c(F)cccc3Cl)CC2)C1. The summed E-state index contributed by atoms with van der Waals surface area (Å²) in [5, 5.41) is 0.482. The van der Waals surface area contributed by atoms with Crippen LogP contribution in [-0.4, -0.2) is 41.9 Å². The molecule has 2 heterocycles. The summed E-state index contributed by atoms with van der Waals surface area (Å²) in [5.41, 5.74) is 0.564. The number of nitrogens with zero attached hydrogens (tertiary/aromatic N) is 2. The van der Waals surface area contributed by atoms with Crippen molar-refractivity contribution in [2.45, 2.75) is 39.2 Å². The van der Waals surface area contributed by atoms with E-state index in [2.05, 4.69) is 16.7 Å². The van der Waals surface area contributed by atoms with E-state index in [4.69, 9.17) is 11.6 Å². The summed E-state index contributed by atoms with van der Waals surface area (Å²) in [6.45, 7) is 6.21. The molecule has 0 aromatic heterocycles. The highest BCUT2D eigenvalue weighted by atomic mass is 35.5. The minimum Gasteiger partial charge on any atom is -0.342 e. The third-order valence-electron chi connectivity index (χ3n) is 5.35. The number of halogens is 2. The van der Waals surface area contributed by atoms with Gasteiger partial charge in [-0.25, -0.2) is 4.39 Å². The quantitative estimate of drug-likeness (QED) is 0.822. The van der Waals surface area contributed by atoms with Crippen LogP contribution in [0.15, 0.2) is 18.2 Å². The summed E-state index contributed by atoms with van der Waals surface area (Å²) in [6.07, 6.45) is 4.06. The molecule has 0 saturated carbocycles. The minimum absolute atomic E-state index is 0.127. The highest BCUT2D eigenvalue weighted by Gasteiger charge is 2.30. The van der Waals surface area contributed by atoms with Gasteiger partial charge in [0, 0.05) is 36.1 Å². The van der Waals surface area contributed by atoms with Gasteiger partial charge in [0.15, 0.2) is 0 Å². The number of carbonyl (C=O) groups excluding carboxylic acids is 1. The Hall–Kier alpha value is -1.13. The van der Waals surface area contributed by atoms with E-state index in [9.17, 15) is 9.18 Å². The average molecular weight is 353 g/mol. The first kappa shape index (κ1) is 17.7. The first-order valence-corrected chi connectivity index (χ1v) is 9.36. The van der Waals surface area contributed by atoms with E-state index in [0.29, 0.717) is 29.0 Å². The topological polar surface area (TPSA) is 23.6 Å². The second-order valence-electron chi connectivity index (χ2n) is 7.28. The van der Waals surface area contributed by atoms with Crippen LogP contribution < -0.4 is 0 Å². The number of amides is 1. The van der Waals surface area contributed by atoms with E-state index in [0.717, 1.165) is 45.4 Å². The summed E-state index contributed by atoms with van der Waals surface area (Å²) in [7, 11) is 0. The molecule has 2 aliphatic rings. The number of hydrogen-bond donors (Lipinski definition) is 0. The van der Waals surface area contributed by atoms with Crippen LogP contribution in [0.2, 0.25) is 5.02 Å². The fraction of sp³-hybridized carbons (Fsp3) is 0.632. The Bertz CT molecular complexity index is 566. The number of rotatable bonds is 3. The molecule has 0 bridgehead atoms. The Morgan fingerprint density at radius 3 is 2.67 bits per heavy atom. The summed E-state index contributed by atoms with van der Waals surface area (Å²) in [4.78, 5) is 17.0. The Morgan fingerprint density at radius 2 is 2.00 bits per heavy atom. The van der Waals surface area contributed by atoms with Crippen molar-refractivity contribution in [1.29, 1.82) is 0 Å². The fourth-order valence-electron chi connectivity index (χ4n) is 3.89. The van der Waals surface area contributed by atoms with Gasteiger partial charge in [-0.15, -0.1) is 0 Å². The third-order valence-corrected chi connectivity index (χ3v) is 5.70. The smallest absolute Gasteiger partial charge is 0.225 e. The summed E-state index contributed by atoms with van der Waals surface area (Å²) < 4.78 is 13.9. The monoisotopic (exact) mass is 352 g/mol. The molecule has 0 unspecified atom stereocenters. The van der Waals surface area contributed by atoms with Crippen molar-refractivity contribution in [2.75, 3.05) is 26.2 Å². The van der Waals surface area contributed by atoms with Gasteiger partial charge in [-0.1, -0.05) is 24.6 Å². The minimum atomic E-state index is -0.247. The predicted molar refractivity (Wildman–Crippen MR) is 94.4 cm³/mol. The molecule has 1 atom stereocenters. The lowest BCUT2D eigenvalue weighted by molar-refractivity contribution is -0.138. The van der Waals surface area contributed by atoms with Crippen LogP contribution in [0.5, 0.6) is 0 Å². The van der Waals surface area contributed by atoms with Crippen LogP contribution in [0, 0.1) is 17.7 Å². The molecule has 3 nitrogen and oxygen atoms in total. The molecule has 3 rings (SSSR count). The molecule has 5 heteroatoms. The summed E-state index contributed by atoms with van der Waals surface area (Å²) in [5.74, 6) is 0.821. The van der Waals surface area contributed by atoms with E-state index in [1.165, 1.54) is 12.5 Å². The molecule has 2 fully saturated rings. The van der Waals surface area contributed by atoms with Crippen LogP contribution in [0.3, 0.4) is 0 Å². The predicted octanol–water partition coefficient (Wildman–Crippen LogP) is 3.95. The Labute approximate surface area is 148 Å². The Morgan fingerprint density at radius 1 is 1.25 bits per heavy atom. The first-order chi connectivity index (χ1) is 11.5. The molecule has 1 aromatic carbocycles. The molecule has 0 N–H and O–H groups in total. The zero-order chi connectivity index (χ0) is 17.1. The van der Waals surface area contributed by atoms with E-state index in [1.807, 2.05) is 0 Å². The van der Waals surface area contributed by atoms with Gasteiger partial charge in [0.2, 0.25) is 5.91 Å². The van der Waals surface area contributed by atoms with Crippen molar-refractivity contribution in [3.63, 3.8) is 0 Å². The van der Waals surface area contributed by atoms with Crippen LogP contribution >= 0.6 is 11.6 Å². The van der Waals surface area contributed by atoms with E-state index < -0.39 is 0 Å². The normalized spacial score (nSPS) is 23.5. The van der Waals surface area contributed by atoms with Crippen molar-refractivity contribution in [2.24, 2.45) is 11.8 Å². The maximum absolute atomic E-state index is 13.9. The van der Waals surface area contributed by atoms with Gasteiger partial charge in [-0.05, 0) is 56.8 Å². The van der Waals surface area contributed by atoms with Gasteiger partial charge in [-0.3, -0.25) is 9.69 Å². The third kappa shape index (κ3) is 4.09. The van der Waals surface area contributed by atoms with Crippen LogP contribution in [0.1, 0.15) is 38.2 Å². The van der Waals surface area contributed by atoms with Crippen LogP contribution in [0.25, 0.3) is 0 Å². The zero-order valence-electron chi connectivity index (χ0n) is 14.3. The fourth-order valence-corrected chi connectivity index (χ4v) is 4.12. The molecular weight excluding hydrogens is 327 g/mol.